The number of hydrogen-bond donors (Lipinski definition) is 1. The number of aromatic nitrogens is 15. The Morgan fingerprint density at radius 3 is 1.31 bits per heavy atom. The van der Waals surface area contributed by atoms with Crippen LogP contribution in [0, 0.1) is 34.6 Å². The van der Waals surface area contributed by atoms with Gasteiger partial charge in [-0.25, -0.2) is 9.36 Å². The first-order valence-electron chi connectivity index (χ1n) is 14.1. The van der Waals surface area contributed by atoms with Gasteiger partial charge in [-0.3, -0.25) is 0 Å². The van der Waals surface area contributed by atoms with Crippen LogP contribution >= 0.6 is 0 Å². The summed E-state index contributed by atoms with van der Waals surface area (Å²) in [4.78, 5) is 3.41. The molecule has 0 bridgehead atoms. The number of nitrogens with one attached hydrogen (secondary N) is 1. The van der Waals surface area contributed by atoms with Gasteiger partial charge in [0.25, 0.3) is 0 Å². The van der Waals surface area contributed by atoms with Gasteiger partial charge in [-0.15, -0.1) is 10.2 Å². The number of H-pyrrole nitrogens is 1. The van der Waals surface area contributed by atoms with E-state index in [1.807, 2.05) is 50.2 Å². The zero-order valence-electron chi connectivity index (χ0n) is 27.5. The van der Waals surface area contributed by atoms with Crippen molar-refractivity contribution < 1.29 is 0 Å². The first-order chi connectivity index (χ1) is 19.7. The molecule has 0 spiro atoms. The van der Waals surface area contributed by atoms with Gasteiger partial charge >= 0.3 is 0 Å². The van der Waals surface area contributed by atoms with Crippen molar-refractivity contribution in [3.8, 4) is 0 Å². The molecule has 1 N–H and O–H groups in total. The molecule has 0 aliphatic heterocycles. The molecule has 15 nitrogen and oxygen atoms in total. The van der Waals surface area contributed by atoms with Crippen LogP contribution in [0.25, 0.3) is 0 Å². The maximum absolute atomic E-state index is 4.12. The van der Waals surface area contributed by atoms with E-state index in [0.29, 0.717) is 24.2 Å². The van der Waals surface area contributed by atoms with Crippen molar-refractivity contribution >= 4 is 0 Å². The summed E-state index contributed by atoms with van der Waals surface area (Å²) >= 11 is 0. The normalized spacial score (nSPS) is 10.4. The van der Waals surface area contributed by atoms with Crippen molar-refractivity contribution in [1.82, 2.24) is 75.4 Å². The van der Waals surface area contributed by atoms with Crippen molar-refractivity contribution in [2.24, 2.45) is 0 Å². The summed E-state index contributed by atoms with van der Waals surface area (Å²) in [7, 11) is 0. The van der Waals surface area contributed by atoms with Crippen LogP contribution in [-0.4, -0.2) is 75.4 Å². The molecule has 5 aromatic heterocycles. The fraction of sp³-hybridized carbons (Fsp3) is 0.630. The molecule has 42 heavy (non-hydrogen) atoms. The third-order valence-electron chi connectivity index (χ3n) is 5.10. The van der Waals surface area contributed by atoms with Gasteiger partial charge in [0.1, 0.15) is 0 Å². The lowest BCUT2D eigenvalue weighted by Gasteiger charge is -2.04. The average molecular weight is 584 g/mol. The number of hydrogen-bond acceptors (Lipinski definition) is 10. The van der Waals surface area contributed by atoms with Gasteiger partial charge in [0.2, 0.25) is 0 Å². The van der Waals surface area contributed by atoms with Crippen molar-refractivity contribution in [3.63, 3.8) is 0 Å². The highest BCUT2D eigenvalue weighted by Gasteiger charge is 2.01. The fourth-order valence-electron chi connectivity index (χ4n) is 2.89. The lowest BCUT2D eigenvalue weighted by molar-refractivity contribution is 0.464. The second-order valence-corrected chi connectivity index (χ2v) is 10.8. The Balaban J connectivity index is 0.000000264. The van der Waals surface area contributed by atoms with E-state index < -0.39 is 0 Å². The van der Waals surface area contributed by atoms with Crippen LogP contribution in [0.3, 0.4) is 0 Å². The van der Waals surface area contributed by atoms with Gasteiger partial charge in [-0.1, -0.05) is 10.4 Å². The molecule has 5 rings (SSSR count). The second kappa shape index (κ2) is 18.2. The summed E-state index contributed by atoms with van der Waals surface area (Å²) in [6.45, 7) is 26.2. The third kappa shape index (κ3) is 13.9. The van der Waals surface area contributed by atoms with Crippen molar-refractivity contribution in [1.29, 1.82) is 0 Å². The number of nitrogens with zero attached hydrogens (tertiary/aromatic N) is 14. The van der Waals surface area contributed by atoms with Crippen LogP contribution in [0.2, 0.25) is 0 Å². The molecule has 0 amide bonds. The smallest absolute Gasteiger partial charge is 0.0796 e. The van der Waals surface area contributed by atoms with Gasteiger partial charge in [0, 0.05) is 18.3 Å². The lowest BCUT2D eigenvalue weighted by atomic mass is 10.4. The first-order valence-corrected chi connectivity index (χ1v) is 14.1. The minimum atomic E-state index is 0.374. The zero-order valence-corrected chi connectivity index (χ0v) is 27.5. The highest BCUT2D eigenvalue weighted by molar-refractivity contribution is 4.90. The van der Waals surface area contributed by atoms with Gasteiger partial charge < -0.3 is 0 Å². The summed E-state index contributed by atoms with van der Waals surface area (Å²) in [5.41, 5.74) is 4.97. The van der Waals surface area contributed by atoms with E-state index in [4.69, 9.17) is 0 Å². The number of aromatic amines is 1. The van der Waals surface area contributed by atoms with Crippen LogP contribution in [0.15, 0.2) is 31.0 Å². The molecular formula is C27H49N15. The van der Waals surface area contributed by atoms with Crippen LogP contribution in [0.4, 0.5) is 0 Å². The monoisotopic (exact) mass is 583 g/mol. The summed E-state index contributed by atoms with van der Waals surface area (Å²) in [6, 6.07) is 1.59. The highest BCUT2D eigenvalue weighted by atomic mass is 15.5. The van der Waals surface area contributed by atoms with Crippen LogP contribution in [0.5, 0.6) is 0 Å². The Hall–Kier alpha value is -4.30. The summed E-state index contributed by atoms with van der Waals surface area (Å²) in [5.74, 6) is 0. The lowest BCUT2D eigenvalue weighted by Crippen LogP contribution is -2.04. The van der Waals surface area contributed by atoms with Crippen molar-refractivity contribution in [2.45, 2.75) is 114 Å². The molecule has 5 aromatic rings. The second-order valence-electron chi connectivity index (χ2n) is 10.8. The molecule has 5 heterocycles. The SMILES string of the molecule is Cc1cn(C(C)C)nn1.Cc1cn[nH]n1.Cc1cnn(C(C)C)n1.Cc1cnn(C(C)C)n1.Cc1cnnn1C(C)C. The predicted octanol–water partition coefficient (Wildman–Crippen LogP) is 4.78. The number of aryl methyl sites for hydroxylation is 5. The Bertz CT molecular complexity index is 1250. The molecule has 0 aliphatic carbocycles. The molecule has 0 aliphatic rings. The molecule has 0 atom stereocenters. The maximum atomic E-state index is 4.12. The van der Waals surface area contributed by atoms with Gasteiger partial charge in [-0.2, -0.15) is 45.4 Å². The van der Waals surface area contributed by atoms with Crippen LogP contribution < -0.4 is 0 Å². The van der Waals surface area contributed by atoms with Gasteiger partial charge in [0.05, 0.1) is 65.3 Å². The summed E-state index contributed by atoms with van der Waals surface area (Å²) in [6.07, 6.45) is 8.89. The fourth-order valence-corrected chi connectivity index (χ4v) is 2.89. The van der Waals surface area contributed by atoms with Gasteiger partial charge in [-0.05, 0) is 90.0 Å². The highest BCUT2D eigenvalue weighted by Crippen LogP contribution is 2.03. The largest absolute Gasteiger partial charge is 0.250 e. The molecular weight excluding hydrogens is 534 g/mol. The Morgan fingerprint density at radius 2 is 1.14 bits per heavy atom. The molecule has 0 radical (unpaired) electrons. The average Bonchev–Trinajstić information content (AvgIpc) is 3.73. The standard InChI is InChI=1S/4C6H11N3.C3H5N3/c1-5(2)9-4-6(3)7-8-9;1-5(2)9-6(3)4-7-8-9;2*1-5(2)9-7-4-6(3)8-9;1-3-2-4-6-5-3/h4*4-5H,1-3H3;2H,1H3,(H,4,5,6). The maximum Gasteiger partial charge on any atom is 0.0796 e. The Morgan fingerprint density at radius 1 is 0.595 bits per heavy atom. The minimum Gasteiger partial charge on any atom is -0.250 e. The van der Waals surface area contributed by atoms with E-state index in [1.165, 1.54) is 0 Å². The van der Waals surface area contributed by atoms with E-state index in [-0.39, 0.29) is 0 Å². The summed E-state index contributed by atoms with van der Waals surface area (Å²) in [5, 5.41) is 41.3. The van der Waals surface area contributed by atoms with Crippen LogP contribution in [-0.2, 0) is 0 Å². The first kappa shape index (κ1) is 35.7. The molecule has 0 saturated carbocycles. The van der Waals surface area contributed by atoms with Gasteiger partial charge in [0.15, 0.2) is 0 Å². The Labute approximate surface area is 249 Å². The molecule has 15 heteroatoms. The zero-order chi connectivity index (χ0) is 31.8. The quantitative estimate of drug-likeness (QED) is 0.311. The topological polar surface area (TPSA) is 164 Å². The molecule has 0 unspecified atom stereocenters. The van der Waals surface area contributed by atoms with E-state index in [2.05, 4.69) is 112 Å². The predicted molar refractivity (Wildman–Crippen MR) is 162 cm³/mol. The van der Waals surface area contributed by atoms with E-state index in [0.717, 1.165) is 28.5 Å². The molecule has 0 saturated heterocycles. The van der Waals surface area contributed by atoms with E-state index in [9.17, 15) is 0 Å². The van der Waals surface area contributed by atoms with Crippen molar-refractivity contribution in [2.75, 3.05) is 0 Å². The molecule has 0 fully saturated rings. The van der Waals surface area contributed by atoms with Crippen molar-refractivity contribution in [3.05, 3.63) is 59.5 Å². The third-order valence-corrected chi connectivity index (χ3v) is 5.10. The Kier molecular flexibility index (Phi) is 15.5. The van der Waals surface area contributed by atoms with E-state index >= 15 is 0 Å². The molecule has 232 valence electrons. The minimum absolute atomic E-state index is 0.374. The van der Waals surface area contributed by atoms with Crippen LogP contribution in [0.1, 0.15) is 108 Å². The summed E-state index contributed by atoms with van der Waals surface area (Å²) < 4.78 is 3.73. The number of rotatable bonds is 4. The van der Waals surface area contributed by atoms with E-state index in [1.54, 1.807) is 34.4 Å². The molecule has 0 aromatic carbocycles.